The molecule has 27 heavy (non-hydrogen) atoms. The molecule has 0 aliphatic carbocycles. The molecule has 3 heterocycles. The Hall–Kier alpha value is -2.73. The first kappa shape index (κ1) is 17.7. The van der Waals surface area contributed by atoms with Gasteiger partial charge in [-0.1, -0.05) is 12.1 Å². The van der Waals surface area contributed by atoms with E-state index in [1.807, 2.05) is 18.5 Å². The van der Waals surface area contributed by atoms with Crippen LogP contribution in [0.1, 0.15) is 36.9 Å². The minimum absolute atomic E-state index is 0.131. The predicted octanol–water partition coefficient (Wildman–Crippen LogP) is 3.58. The number of aromatic nitrogens is 2. The number of ether oxygens (including phenoxy) is 1. The number of carbonyl (C=O) groups excluding carboxylic acids is 1. The third-order valence-electron chi connectivity index (χ3n) is 5.08. The average molecular weight is 367 g/mol. The van der Waals surface area contributed by atoms with Crippen LogP contribution in [0.15, 0.2) is 48.9 Å². The van der Waals surface area contributed by atoms with E-state index in [9.17, 15) is 9.18 Å². The fourth-order valence-corrected chi connectivity index (χ4v) is 3.67. The number of hydrogen-bond donors (Lipinski definition) is 1. The molecule has 0 bridgehead atoms. The second-order valence-corrected chi connectivity index (χ2v) is 6.76. The molecule has 3 aromatic rings. The quantitative estimate of drug-likeness (QED) is 0.750. The molecule has 0 radical (unpaired) electrons. The number of benzene rings is 1. The van der Waals surface area contributed by atoms with Crippen LogP contribution in [0.4, 0.5) is 4.39 Å². The van der Waals surface area contributed by atoms with Gasteiger partial charge in [-0.3, -0.25) is 9.78 Å². The molecule has 1 aromatic carbocycles. The Morgan fingerprint density at radius 1 is 1.37 bits per heavy atom. The van der Waals surface area contributed by atoms with Crippen LogP contribution in [-0.2, 0) is 16.1 Å². The molecule has 140 valence electrons. The lowest BCUT2D eigenvalue weighted by molar-refractivity contribution is -0.130. The summed E-state index contributed by atoms with van der Waals surface area (Å²) in [5.41, 5.74) is 2.80. The summed E-state index contributed by atoms with van der Waals surface area (Å²) in [7, 11) is 0. The number of pyridine rings is 1. The molecule has 2 atom stereocenters. The third-order valence-corrected chi connectivity index (χ3v) is 5.08. The van der Waals surface area contributed by atoms with E-state index in [2.05, 4.69) is 21.8 Å². The molecular formula is C21H22FN3O2. The summed E-state index contributed by atoms with van der Waals surface area (Å²) in [6.45, 7) is 3.46. The summed E-state index contributed by atoms with van der Waals surface area (Å²) < 4.78 is 21.1. The average Bonchev–Trinajstić information content (AvgIpc) is 3.35. The lowest BCUT2D eigenvalue weighted by Gasteiger charge is -2.21. The highest BCUT2D eigenvalue weighted by atomic mass is 19.1. The van der Waals surface area contributed by atoms with Gasteiger partial charge in [0, 0.05) is 36.5 Å². The van der Waals surface area contributed by atoms with Crippen molar-refractivity contribution in [2.24, 2.45) is 0 Å². The summed E-state index contributed by atoms with van der Waals surface area (Å²) >= 11 is 0. The second kappa shape index (κ2) is 7.48. The molecule has 6 heteroatoms. The van der Waals surface area contributed by atoms with Gasteiger partial charge in [0.25, 0.3) is 0 Å². The van der Waals surface area contributed by atoms with E-state index in [1.165, 1.54) is 12.1 Å². The Morgan fingerprint density at radius 3 is 2.89 bits per heavy atom. The largest absolute Gasteiger partial charge is 0.368 e. The van der Waals surface area contributed by atoms with Crippen molar-refractivity contribution >= 4 is 16.8 Å². The van der Waals surface area contributed by atoms with Gasteiger partial charge < -0.3 is 14.6 Å². The molecule has 2 aromatic heterocycles. The molecule has 0 unspecified atom stereocenters. The van der Waals surface area contributed by atoms with Crippen LogP contribution >= 0.6 is 0 Å². The van der Waals surface area contributed by atoms with Crippen molar-refractivity contribution in [3.05, 3.63) is 65.9 Å². The van der Waals surface area contributed by atoms with Crippen molar-refractivity contribution in [2.45, 2.75) is 38.5 Å². The van der Waals surface area contributed by atoms with Gasteiger partial charge in [0.2, 0.25) is 5.91 Å². The molecule has 5 nitrogen and oxygen atoms in total. The van der Waals surface area contributed by atoms with E-state index in [0.717, 1.165) is 41.4 Å². The van der Waals surface area contributed by atoms with Crippen LogP contribution in [0.3, 0.4) is 0 Å². The van der Waals surface area contributed by atoms with Gasteiger partial charge in [-0.15, -0.1) is 0 Å². The maximum absolute atomic E-state index is 13.5. The van der Waals surface area contributed by atoms with E-state index >= 15 is 0 Å². The normalized spacial score (nSPS) is 17.9. The van der Waals surface area contributed by atoms with Gasteiger partial charge in [0.15, 0.2) is 0 Å². The highest BCUT2D eigenvalue weighted by Gasteiger charge is 2.28. The van der Waals surface area contributed by atoms with E-state index in [4.69, 9.17) is 4.74 Å². The van der Waals surface area contributed by atoms with Crippen molar-refractivity contribution in [2.75, 3.05) is 6.61 Å². The molecule has 1 aliphatic rings. The van der Waals surface area contributed by atoms with Gasteiger partial charge in [-0.25, -0.2) is 4.39 Å². The van der Waals surface area contributed by atoms with Crippen molar-refractivity contribution in [3.63, 3.8) is 0 Å². The van der Waals surface area contributed by atoms with Crippen LogP contribution in [0.5, 0.6) is 0 Å². The molecular weight excluding hydrogens is 345 g/mol. The van der Waals surface area contributed by atoms with E-state index in [1.54, 1.807) is 18.3 Å². The number of nitrogens with one attached hydrogen (secondary N) is 1. The Balaban J connectivity index is 1.78. The number of fused-ring (bicyclic) bond motifs is 1. The number of hydrogen-bond acceptors (Lipinski definition) is 3. The first-order chi connectivity index (χ1) is 13.2. The van der Waals surface area contributed by atoms with Gasteiger partial charge in [0.1, 0.15) is 11.9 Å². The summed E-state index contributed by atoms with van der Waals surface area (Å²) in [5.74, 6) is -0.434. The minimum atomic E-state index is -0.422. The zero-order valence-corrected chi connectivity index (χ0v) is 15.2. The van der Waals surface area contributed by atoms with Gasteiger partial charge >= 0.3 is 0 Å². The van der Waals surface area contributed by atoms with Crippen molar-refractivity contribution in [1.29, 1.82) is 0 Å². The Bertz CT molecular complexity index is 946. The number of rotatable bonds is 5. The molecule has 1 aliphatic heterocycles. The summed E-state index contributed by atoms with van der Waals surface area (Å²) in [6.07, 6.45) is 6.80. The Labute approximate surface area is 157 Å². The molecule has 0 saturated carbocycles. The SMILES string of the molecule is CCn1cc([C@H](NC(=O)[C@@H]2CCCO2)c2ccc(F)cc2)c2ccncc21. The lowest BCUT2D eigenvalue weighted by Crippen LogP contribution is -2.37. The van der Waals surface area contributed by atoms with Crippen LogP contribution in [-0.4, -0.2) is 28.2 Å². The first-order valence-electron chi connectivity index (χ1n) is 9.27. The fourth-order valence-electron chi connectivity index (χ4n) is 3.67. The molecule has 1 fully saturated rings. The summed E-state index contributed by atoms with van der Waals surface area (Å²) in [4.78, 5) is 17.0. The third kappa shape index (κ3) is 3.45. The fraction of sp³-hybridized carbons (Fsp3) is 0.333. The monoisotopic (exact) mass is 367 g/mol. The van der Waals surface area contributed by atoms with Gasteiger partial charge in [0.05, 0.1) is 17.8 Å². The Morgan fingerprint density at radius 2 is 2.19 bits per heavy atom. The first-order valence-corrected chi connectivity index (χ1v) is 9.27. The smallest absolute Gasteiger partial charge is 0.249 e. The van der Waals surface area contributed by atoms with Gasteiger partial charge in [-0.05, 0) is 43.5 Å². The molecule has 0 spiro atoms. The van der Waals surface area contributed by atoms with Crippen LogP contribution < -0.4 is 5.32 Å². The molecule has 1 amide bonds. The molecule has 1 saturated heterocycles. The van der Waals surface area contributed by atoms with Gasteiger partial charge in [-0.2, -0.15) is 0 Å². The standard InChI is InChI=1S/C21H22FN3O2/c1-2-25-13-17(16-9-10-23-12-18(16)25)20(14-5-7-15(22)8-6-14)24-21(26)19-4-3-11-27-19/h5-10,12-13,19-20H,2-4,11H2,1H3,(H,24,26)/t19-,20+/m0/s1. The number of carbonyl (C=O) groups is 1. The molecule has 1 N–H and O–H groups in total. The van der Waals surface area contributed by atoms with Crippen LogP contribution in [0.25, 0.3) is 10.9 Å². The number of amides is 1. The maximum Gasteiger partial charge on any atom is 0.249 e. The van der Waals surface area contributed by atoms with Crippen molar-refractivity contribution in [1.82, 2.24) is 14.9 Å². The second-order valence-electron chi connectivity index (χ2n) is 6.76. The summed E-state index contributed by atoms with van der Waals surface area (Å²) in [5, 5.41) is 4.14. The topological polar surface area (TPSA) is 56.2 Å². The highest BCUT2D eigenvalue weighted by Crippen LogP contribution is 2.31. The zero-order chi connectivity index (χ0) is 18.8. The van der Waals surface area contributed by atoms with Crippen molar-refractivity contribution < 1.29 is 13.9 Å². The summed E-state index contributed by atoms with van der Waals surface area (Å²) in [6, 6.07) is 7.83. The highest BCUT2D eigenvalue weighted by molar-refractivity contribution is 5.86. The van der Waals surface area contributed by atoms with E-state index in [-0.39, 0.29) is 17.8 Å². The minimum Gasteiger partial charge on any atom is -0.368 e. The van der Waals surface area contributed by atoms with Crippen molar-refractivity contribution in [3.8, 4) is 0 Å². The van der Waals surface area contributed by atoms with E-state index < -0.39 is 6.10 Å². The number of nitrogens with zero attached hydrogens (tertiary/aromatic N) is 2. The number of aryl methyl sites for hydroxylation is 1. The zero-order valence-electron chi connectivity index (χ0n) is 15.2. The molecule has 4 rings (SSSR count). The van der Waals surface area contributed by atoms with Crippen LogP contribution in [0.2, 0.25) is 0 Å². The lowest BCUT2D eigenvalue weighted by atomic mass is 9.98. The predicted molar refractivity (Wildman–Crippen MR) is 101 cm³/mol. The number of halogens is 1. The Kier molecular flexibility index (Phi) is 4.90. The van der Waals surface area contributed by atoms with Crippen LogP contribution in [0, 0.1) is 5.82 Å². The van der Waals surface area contributed by atoms with E-state index in [0.29, 0.717) is 6.61 Å². The maximum atomic E-state index is 13.5.